The first-order valence-corrected chi connectivity index (χ1v) is 7.67. The van der Waals surface area contributed by atoms with Crippen molar-refractivity contribution >= 4 is 11.8 Å². The van der Waals surface area contributed by atoms with Gasteiger partial charge in [0.2, 0.25) is 5.95 Å². The van der Waals surface area contributed by atoms with E-state index in [1.165, 1.54) is 0 Å². The summed E-state index contributed by atoms with van der Waals surface area (Å²) in [7, 11) is 2.06. The Hall–Kier alpha value is -2.75. The molecule has 1 aliphatic rings. The molecule has 7 nitrogen and oxygen atoms in total. The van der Waals surface area contributed by atoms with Crippen LogP contribution in [0.2, 0.25) is 0 Å². The highest BCUT2D eigenvalue weighted by molar-refractivity contribution is 5.41. The standard InChI is InChI=1S/C16H19N7/c1-12-8-15(20-11-19-12)22(2)14-4-3-7-23(10-14)16-18-6-5-13(9-17)21-16/h5-6,8,11,14H,3-4,7,10H2,1-2H3. The molecule has 2 aromatic heterocycles. The molecule has 1 saturated heterocycles. The third kappa shape index (κ3) is 3.37. The third-order valence-corrected chi connectivity index (χ3v) is 4.14. The van der Waals surface area contributed by atoms with Gasteiger partial charge in [-0.15, -0.1) is 0 Å². The normalized spacial score (nSPS) is 17.6. The van der Waals surface area contributed by atoms with Crippen LogP contribution >= 0.6 is 0 Å². The fourth-order valence-electron chi connectivity index (χ4n) is 2.84. The zero-order valence-corrected chi connectivity index (χ0v) is 13.3. The average molecular weight is 309 g/mol. The fourth-order valence-corrected chi connectivity index (χ4v) is 2.84. The minimum atomic E-state index is 0.326. The largest absolute Gasteiger partial charge is 0.355 e. The van der Waals surface area contributed by atoms with Crippen molar-refractivity contribution in [2.45, 2.75) is 25.8 Å². The molecule has 3 heterocycles. The van der Waals surface area contributed by atoms with Crippen LogP contribution in [0, 0.1) is 18.3 Å². The molecule has 23 heavy (non-hydrogen) atoms. The Bertz CT molecular complexity index is 724. The zero-order valence-electron chi connectivity index (χ0n) is 13.3. The van der Waals surface area contributed by atoms with Gasteiger partial charge in [-0.3, -0.25) is 0 Å². The SMILES string of the molecule is Cc1cc(N(C)C2CCCN(c3nccc(C#N)n3)C2)ncn1. The van der Waals surface area contributed by atoms with Crippen LogP contribution < -0.4 is 9.80 Å². The van der Waals surface area contributed by atoms with Crippen molar-refractivity contribution in [2.24, 2.45) is 0 Å². The second-order valence-electron chi connectivity index (χ2n) is 5.72. The minimum absolute atomic E-state index is 0.326. The van der Waals surface area contributed by atoms with E-state index in [1.807, 2.05) is 13.0 Å². The maximum Gasteiger partial charge on any atom is 0.226 e. The number of nitrogens with zero attached hydrogens (tertiary/aromatic N) is 7. The lowest BCUT2D eigenvalue weighted by Gasteiger charge is -2.38. The van der Waals surface area contributed by atoms with Gasteiger partial charge < -0.3 is 9.80 Å². The second kappa shape index (κ2) is 6.57. The number of anilines is 2. The average Bonchev–Trinajstić information content (AvgIpc) is 2.61. The maximum absolute atomic E-state index is 8.99. The summed E-state index contributed by atoms with van der Waals surface area (Å²) in [6, 6.07) is 6.01. The Morgan fingerprint density at radius 1 is 1.35 bits per heavy atom. The van der Waals surface area contributed by atoms with Gasteiger partial charge in [-0.2, -0.15) is 5.26 Å². The Balaban J connectivity index is 1.76. The number of piperidine rings is 1. The van der Waals surface area contributed by atoms with E-state index in [-0.39, 0.29) is 0 Å². The fraction of sp³-hybridized carbons (Fsp3) is 0.438. The molecule has 0 saturated carbocycles. The number of hydrogen-bond acceptors (Lipinski definition) is 7. The van der Waals surface area contributed by atoms with Crippen molar-refractivity contribution in [1.29, 1.82) is 5.26 Å². The quantitative estimate of drug-likeness (QED) is 0.850. The molecule has 0 bridgehead atoms. The van der Waals surface area contributed by atoms with E-state index in [2.05, 4.69) is 42.9 Å². The number of likely N-dealkylation sites (N-methyl/N-ethyl adjacent to an activating group) is 1. The molecule has 7 heteroatoms. The summed E-state index contributed by atoms with van der Waals surface area (Å²) in [6.45, 7) is 3.68. The monoisotopic (exact) mass is 309 g/mol. The number of aromatic nitrogens is 4. The van der Waals surface area contributed by atoms with Gasteiger partial charge in [-0.1, -0.05) is 0 Å². The van der Waals surface area contributed by atoms with Crippen LogP contribution in [0.1, 0.15) is 24.2 Å². The van der Waals surface area contributed by atoms with Gasteiger partial charge in [0.25, 0.3) is 0 Å². The van der Waals surface area contributed by atoms with Crippen LogP contribution in [0.4, 0.5) is 11.8 Å². The Kier molecular flexibility index (Phi) is 4.33. The van der Waals surface area contributed by atoms with Gasteiger partial charge in [0.15, 0.2) is 0 Å². The van der Waals surface area contributed by atoms with Crippen molar-refractivity contribution in [2.75, 3.05) is 29.9 Å². The van der Waals surface area contributed by atoms with Crippen molar-refractivity contribution in [3.8, 4) is 6.07 Å². The summed E-state index contributed by atoms with van der Waals surface area (Å²) in [5, 5.41) is 8.99. The molecule has 0 spiro atoms. The van der Waals surface area contributed by atoms with Gasteiger partial charge >= 0.3 is 0 Å². The Labute approximate surface area is 135 Å². The number of rotatable bonds is 3. The van der Waals surface area contributed by atoms with Gasteiger partial charge in [0, 0.05) is 44.1 Å². The lowest BCUT2D eigenvalue weighted by molar-refractivity contribution is 0.480. The molecule has 0 amide bonds. The highest BCUT2D eigenvalue weighted by Gasteiger charge is 2.25. The number of nitriles is 1. The van der Waals surface area contributed by atoms with E-state index in [9.17, 15) is 0 Å². The molecule has 2 aromatic rings. The molecule has 0 aromatic carbocycles. The van der Waals surface area contributed by atoms with Gasteiger partial charge in [0.1, 0.15) is 23.9 Å². The topological polar surface area (TPSA) is 81.8 Å². The number of hydrogen-bond donors (Lipinski definition) is 0. The summed E-state index contributed by atoms with van der Waals surface area (Å²) in [5.41, 5.74) is 1.36. The van der Waals surface area contributed by atoms with Crippen LogP contribution in [-0.4, -0.2) is 46.1 Å². The predicted octanol–water partition coefficient (Wildman–Crippen LogP) is 1.55. The highest BCUT2D eigenvalue weighted by atomic mass is 15.3. The van der Waals surface area contributed by atoms with E-state index in [1.54, 1.807) is 18.6 Å². The summed E-state index contributed by atoms with van der Waals surface area (Å²) >= 11 is 0. The summed E-state index contributed by atoms with van der Waals surface area (Å²) in [4.78, 5) is 21.5. The highest BCUT2D eigenvalue weighted by Crippen LogP contribution is 2.22. The number of aryl methyl sites for hydroxylation is 1. The molecule has 1 unspecified atom stereocenters. The summed E-state index contributed by atoms with van der Waals surface area (Å²) in [6.07, 6.45) is 5.39. The molecule has 1 fully saturated rings. The molecule has 3 rings (SSSR count). The van der Waals surface area contributed by atoms with Crippen LogP contribution in [0.3, 0.4) is 0 Å². The molecule has 0 radical (unpaired) electrons. The van der Waals surface area contributed by atoms with Crippen molar-refractivity contribution in [3.63, 3.8) is 0 Å². The molecule has 118 valence electrons. The van der Waals surface area contributed by atoms with E-state index < -0.39 is 0 Å². The van der Waals surface area contributed by atoms with Gasteiger partial charge in [0.05, 0.1) is 0 Å². The maximum atomic E-state index is 8.99. The van der Waals surface area contributed by atoms with E-state index >= 15 is 0 Å². The van der Waals surface area contributed by atoms with E-state index in [0.717, 1.165) is 37.4 Å². The van der Waals surface area contributed by atoms with Crippen molar-refractivity contribution in [3.05, 3.63) is 36.0 Å². The summed E-state index contributed by atoms with van der Waals surface area (Å²) in [5.74, 6) is 1.55. The third-order valence-electron chi connectivity index (χ3n) is 4.14. The van der Waals surface area contributed by atoms with Crippen LogP contribution in [0.15, 0.2) is 24.7 Å². The van der Waals surface area contributed by atoms with Crippen molar-refractivity contribution < 1.29 is 0 Å². The van der Waals surface area contributed by atoms with Crippen LogP contribution in [0.5, 0.6) is 0 Å². The minimum Gasteiger partial charge on any atom is -0.355 e. The first-order valence-electron chi connectivity index (χ1n) is 7.67. The molecule has 1 aliphatic heterocycles. The molecule has 0 N–H and O–H groups in total. The second-order valence-corrected chi connectivity index (χ2v) is 5.72. The van der Waals surface area contributed by atoms with Crippen molar-refractivity contribution in [1.82, 2.24) is 19.9 Å². The lowest BCUT2D eigenvalue weighted by atomic mass is 10.0. The molecular formula is C16H19N7. The van der Waals surface area contributed by atoms with E-state index in [0.29, 0.717) is 17.7 Å². The van der Waals surface area contributed by atoms with Crippen LogP contribution in [-0.2, 0) is 0 Å². The molecular weight excluding hydrogens is 290 g/mol. The lowest BCUT2D eigenvalue weighted by Crippen LogP contribution is -2.47. The first-order chi connectivity index (χ1) is 11.2. The van der Waals surface area contributed by atoms with Crippen LogP contribution in [0.25, 0.3) is 0 Å². The Morgan fingerprint density at radius 2 is 2.22 bits per heavy atom. The van der Waals surface area contributed by atoms with Gasteiger partial charge in [-0.05, 0) is 25.8 Å². The Morgan fingerprint density at radius 3 is 3.00 bits per heavy atom. The molecule has 0 aliphatic carbocycles. The zero-order chi connectivity index (χ0) is 16.2. The summed E-state index contributed by atoms with van der Waals surface area (Å²) < 4.78 is 0. The molecule has 1 atom stereocenters. The first kappa shape index (κ1) is 15.2. The van der Waals surface area contributed by atoms with E-state index in [4.69, 9.17) is 5.26 Å². The van der Waals surface area contributed by atoms with Gasteiger partial charge in [-0.25, -0.2) is 19.9 Å². The predicted molar refractivity (Wildman–Crippen MR) is 87.2 cm³/mol. The smallest absolute Gasteiger partial charge is 0.226 e.